The molecule has 1 aliphatic carbocycles. The molecule has 41 heavy (non-hydrogen) atoms. The standard InChI is InChI=1S/C33H34N2O6/c1-19-17-26(20(2)41-19)30(36)27-28(22-13-15-25(40-4)16-14-22)33(3,32(38)39)35(31(37)24-7-5-6-8-24)29(27)23-11-9-21(18-34)10-12-23/h9-17,24,27-29H,5-8H2,1-4H3,(H,38,39). The molecule has 8 nitrogen and oxygen atoms in total. The number of nitriles is 1. The number of methoxy groups -OCH3 is 1. The molecule has 4 atom stereocenters. The SMILES string of the molecule is COc1ccc(C2C(C(=O)c3cc(C)oc3C)C(c3ccc(C#N)cc3)N(C(=O)C3CCCC3)C2(C)C(=O)O)cc1. The molecule has 212 valence electrons. The van der Waals surface area contributed by atoms with E-state index in [0.717, 1.165) is 12.8 Å². The zero-order valence-electron chi connectivity index (χ0n) is 23.7. The maximum absolute atomic E-state index is 14.6. The molecular weight excluding hydrogens is 520 g/mol. The molecule has 0 spiro atoms. The first-order chi connectivity index (χ1) is 19.6. The molecule has 1 aromatic heterocycles. The molecule has 5 rings (SSSR count). The van der Waals surface area contributed by atoms with Gasteiger partial charge in [0.1, 0.15) is 22.8 Å². The minimum absolute atomic E-state index is 0.254. The van der Waals surface area contributed by atoms with Crippen molar-refractivity contribution in [2.75, 3.05) is 7.11 Å². The van der Waals surface area contributed by atoms with Crippen molar-refractivity contribution in [1.29, 1.82) is 5.26 Å². The van der Waals surface area contributed by atoms with Crippen LogP contribution in [0.4, 0.5) is 0 Å². The van der Waals surface area contributed by atoms with E-state index in [1.165, 1.54) is 4.90 Å². The number of hydrogen-bond donors (Lipinski definition) is 1. The van der Waals surface area contributed by atoms with Crippen LogP contribution in [0.15, 0.2) is 59.0 Å². The number of likely N-dealkylation sites (tertiary alicyclic amines) is 1. The van der Waals surface area contributed by atoms with Crippen molar-refractivity contribution in [2.45, 2.75) is 64.0 Å². The van der Waals surface area contributed by atoms with Crippen LogP contribution in [0.3, 0.4) is 0 Å². The molecule has 2 aliphatic rings. The Morgan fingerprint density at radius 3 is 2.15 bits per heavy atom. The van der Waals surface area contributed by atoms with Gasteiger partial charge in [0, 0.05) is 11.8 Å². The van der Waals surface area contributed by atoms with Gasteiger partial charge >= 0.3 is 5.97 Å². The molecule has 0 radical (unpaired) electrons. The highest BCUT2D eigenvalue weighted by atomic mass is 16.5. The summed E-state index contributed by atoms with van der Waals surface area (Å²) in [6.07, 6.45) is 3.15. The number of aliphatic carboxylic acids is 1. The summed E-state index contributed by atoms with van der Waals surface area (Å²) in [7, 11) is 1.55. The van der Waals surface area contributed by atoms with Crippen molar-refractivity contribution in [1.82, 2.24) is 4.90 Å². The number of carbonyl (C=O) groups excluding carboxylic acids is 2. The van der Waals surface area contributed by atoms with E-state index >= 15 is 0 Å². The summed E-state index contributed by atoms with van der Waals surface area (Å²) in [5.41, 5.74) is 0.270. The molecule has 4 unspecified atom stereocenters. The minimum Gasteiger partial charge on any atom is -0.497 e. The molecule has 8 heteroatoms. The number of rotatable bonds is 7. The Hall–Kier alpha value is -4.38. The highest BCUT2D eigenvalue weighted by Crippen LogP contribution is 2.57. The van der Waals surface area contributed by atoms with Gasteiger partial charge < -0.3 is 19.2 Å². The monoisotopic (exact) mass is 554 g/mol. The van der Waals surface area contributed by atoms with Crippen molar-refractivity contribution in [2.24, 2.45) is 11.8 Å². The maximum Gasteiger partial charge on any atom is 0.330 e. The lowest BCUT2D eigenvalue weighted by Gasteiger charge is -2.39. The van der Waals surface area contributed by atoms with Crippen LogP contribution in [0, 0.1) is 37.0 Å². The first-order valence-corrected chi connectivity index (χ1v) is 13.9. The Morgan fingerprint density at radius 1 is 1.02 bits per heavy atom. The van der Waals surface area contributed by atoms with Gasteiger partial charge in [-0.25, -0.2) is 4.79 Å². The zero-order valence-corrected chi connectivity index (χ0v) is 23.7. The average Bonchev–Trinajstić information content (AvgIpc) is 3.69. The van der Waals surface area contributed by atoms with E-state index in [2.05, 4.69) is 6.07 Å². The second kappa shape index (κ2) is 10.9. The first kappa shape index (κ1) is 28.2. The number of amides is 1. The number of hydrogen-bond acceptors (Lipinski definition) is 6. The summed E-state index contributed by atoms with van der Waals surface area (Å²) in [6.45, 7) is 5.04. The van der Waals surface area contributed by atoms with Gasteiger partial charge in [-0.2, -0.15) is 5.26 Å². The predicted octanol–water partition coefficient (Wildman–Crippen LogP) is 5.98. The van der Waals surface area contributed by atoms with Crippen LogP contribution < -0.4 is 4.74 Å². The van der Waals surface area contributed by atoms with Gasteiger partial charge in [0.15, 0.2) is 5.78 Å². The van der Waals surface area contributed by atoms with Crippen LogP contribution in [0.25, 0.3) is 0 Å². The highest BCUT2D eigenvalue weighted by molar-refractivity contribution is 6.03. The van der Waals surface area contributed by atoms with Gasteiger partial charge in [-0.3, -0.25) is 9.59 Å². The van der Waals surface area contributed by atoms with Gasteiger partial charge in [0.05, 0.1) is 36.3 Å². The fraction of sp³-hybridized carbons (Fsp3) is 0.394. The van der Waals surface area contributed by atoms with Gasteiger partial charge in [-0.05, 0) is 75.1 Å². The number of benzene rings is 2. The van der Waals surface area contributed by atoms with Gasteiger partial charge in [0.25, 0.3) is 0 Å². The number of carbonyl (C=O) groups is 3. The molecule has 2 aromatic carbocycles. The fourth-order valence-corrected chi connectivity index (χ4v) is 6.91. The Morgan fingerprint density at radius 2 is 1.63 bits per heavy atom. The van der Waals surface area contributed by atoms with Gasteiger partial charge in [-0.15, -0.1) is 0 Å². The molecule has 1 aliphatic heterocycles. The Kier molecular flexibility index (Phi) is 7.48. The van der Waals surface area contributed by atoms with E-state index in [0.29, 0.717) is 52.4 Å². The van der Waals surface area contributed by atoms with Crippen molar-refractivity contribution in [3.8, 4) is 11.8 Å². The minimum atomic E-state index is -1.75. The quantitative estimate of drug-likeness (QED) is 0.357. The van der Waals surface area contributed by atoms with Gasteiger partial charge in [0.2, 0.25) is 5.91 Å². The third-order valence-corrected chi connectivity index (χ3v) is 8.92. The molecule has 1 amide bonds. The molecule has 2 fully saturated rings. The van der Waals surface area contributed by atoms with E-state index in [9.17, 15) is 24.8 Å². The second-order valence-corrected chi connectivity index (χ2v) is 11.3. The first-order valence-electron chi connectivity index (χ1n) is 13.9. The van der Waals surface area contributed by atoms with E-state index < -0.39 is 29.4 Å². The van der Waals surface area contributed by atoms with Crippen molar-refractivity contribution in [3.63, 3.8) is 0 Å². The van der Waals surface area contributed by atoms with Crippen molar-refractivity contribution in [3.05, 3.63) is 88.4 Å². The summed E-state index contributed by atoms with van der Waals surface area (Å²) in [6, 6.07) is 16.7. The summed E-state index contributed by atoms with van der Waals surface area (Å²) in [5.74, 6) is -2.28. The average molecular weight is 555 g/mol. The number of furan rings is 1. The van der Waals surface area contributed by atoms with Crippen molar-refractivity contribution < 1.29 is 28.6 Å². The smallest absolute Gasteiger partial charge is 0.330 e. The van der Waals surface area contributed by atoms with Crippen LogP contribution in [-0.4, -0.2) is 40.3 Å². The number of aryl methyl sites for hydroxylation is 2. The highest BCUT2D eigenvalue weighted by Gasteiger charge is 2.65. The maximum atomic E-state index is 14.6. The summed E-state index contributed by atoms with van der Waals surface area (Å²) in [5, 5.41) is 20.4. The van der Waals surface area contributed by atoms with E-state index in [-0.39, 0.29) is 17.6 Å². The Bertz CT molecular complexity index is 1510. The molecule has 0 bridgehead atoms. The Balaban J connectivity index is 1.80. The molecule has 3 aromatic rings. The normalized spacial score (nSPS) is 24.3. The summed E-state index contributed by atoms with van der Waals surface area (Å²) in [4.78, 5) is 43.9. The lowest BCUT2D eigenvalue weighted by molar-refractivity contribution is -0.159. The number of ether oxygens (including phenoxy) is 1. The predicted molar refractivity (Wildman–Crippen MR) is 150 cm³/mol. The number of carboxylic acids is 1. The van der Waals surface area contributed by atoms with Crippen LogP contribution in [0.2, 0.25) is 0 Å². The largest absolute Gasteiger partial charge is 0.497 e. The fourth-order valence-electron chi connectivity index (χ4n) is 6.91. The lowest BCUT2D eigenvalue weighted by atomic mass is 9.71. The van der Waals surface area contributed by atoms with E-state index in [4.69, 9.17) is 9.15 Å². The number of ketones is 1. The van der Waals surface area contributed by atoms with Crippen LogP contribution in [0.1, 0.15) is 83.1 Å². The number of carboxylic acid groups (broad SMARTS) is 1. The van der Waals surface area contributed by atoms with Crippen molar-refractivity contribution >= 4 is 17.7 Å². The molecule has 1 saturated heterocycles. The Labute approximate surface area is 239 Å². The molecule has 1 saturated carbocycles. The molecule has 1 N–H and O–H groups in total. The number of nitrogens with zero attached hydrogens (tertiary/aromatic N) is 2. The number of Topliss-reactive ketones (excluding diaryl/α,β-unsaturated/α-hetero) is 1. The summed E-state index contributed by atoms with van der Waals surface area (Å²) < 4.78 is 11.1. The van der Waals surface area contributed by atoms with Crippen LogP contribution >= 0.6 is 0 Å². The zero-order chi connectivity index (χ0) is 29.5. The van der Waals surface area contributed by atoms with E-state index in [1.807, 2.05) is 0 Å². The van der Waals surface area contributed by atoms with E-state index in [1.54, 1.807) is 82.5 Å². The third kappa shape index (κ3) is 4.69. The second-order valence-electron chi connectivity index (χ2n) is 11.3. The molecular formula is C33H34N2O6. The summed E-state index contributed by atoms with van der Waals surface area (Å²) >= 11 is 0. The van der Waals surface area contributed by atoms with Crippen LogP contribution in [0.5, 0.6) is 5.75 Å². The third-order valence-electron chi connectivity index (χ3n) is 8.92. The van der Waals surface area contributed by atoms with Gasteiger partial charge in [-0.1, -0.05) is 37.1 Å². The topological polar surface area (TPSA) is 121 Å². The van der Waals surface area contributed by atoms with Crippen LogP contribution in [-0.2, 0) is 9.59 Å². The lowest BCUT2D eigenvalue weighted by Crippen LogP contribution is -2.55. The molecule has 2 heterocycles.